The summed E-state index contributed by atoms with van der Waals surface area (Å²) in [6.45, 7) is 0.0172. The SMILES string of the molecule is O=C1N[C@]2(CCSC2)C(=O)N1Cc1ccc(OC(F)(F)F)cc1. The lowest BCUT2D eigenvalue weighted by Gasteiger charge is -2.19. The highest BCUT2D eigenvalue weighted by atomic mass is 32.2. The zero-order valence-corrected chi connectivity index (χ0v) is 12.7. The van der Waals surface area contributed by atoms with Crippen LogP contribution in [0.15, 0.2) is 24.3 Å². The predicted octanol–water partition coefficient (Wildman–Crippen LogP) is 2.51. The molecule has 9 heteroatoms. The highest BCUT2D eigenvalue weighted by Gasteiger charge is 2.52. The molecule has 0 aromatic heterocycles. The minimum Gasteiger partial charge on any atom is -0.406 e. The molecule has 0 bridgehead atoms. The van der Waals surface area contributed by atoms with Gasteiger partial charge >= 0.3 is 12.4 Å². The number of nitrogens with one attached hydrogen (secondary N) is 1. The van der Waals surface area contributed by atoms with E-state index in [1.165, 1.54) is 12.1 Å². The Morgan fingerprint density at radius 2 is 1.96 bits per heavy atom. The number of alkyl halides is 3. The van der Waals surface area contributed by atoms with Crippen molar-refractivity contribution in [3.05, 3.63) is 29.8 Å². The average molecular weight is 346 g/mol. The highest BCUT2D eigenvalue weighted by Crippen LogP contribution is 2.34. The number of benzene rings is 1. The first-order chi connectivity index (χ1) is 10.8. The fourth-order valence-corrected chi connectivity index (χ4v) is 3.96. The smallest absolute Gasteiger partial charge is 0.406 e. The average Bonchev–Trinajstić information content (AvgIpc) is 3.01. The normalized spacial score (nSPS) is 24.4. The second kappa shape index (κ2) is 5.63. The van der Waals surface area contributed by atoms with Gasteiger partial charge < -0.3 is 10.1 Å². The Morgan fingerprint density at radius 1 is 1.26 bits per heavy atom. The molecule has 1 N–H and O–H groups in total. The number of urea groups is 1. The van der Waals surface area contributed by atoms with E-state index in [0.29, 0.717) is 17.7 Å². The molecule has 2 aliphatic rings. The van der Waals surface area contributed by atoms with Crippen LogP contribution in [0.5, 0.6) is 5.75 Å². The number of thioether (sulfide) groups is 1. The van der Waals surface area contributed by atoms with Crippen molar-refractivity contribution in [3.63, 3.8) is 0 Å². The Morgan fingerprint density at radius 3 is 2.52 bits per heavy atom. The molecule has 2 aliphatic heterocycles. The number of amides is 3. The van der Waals surface area contributed by atoms with Crippen LogP contribution >= 0.6 is 11.8 Å². The summed E-state index contributed by atoms with van der Waals surface area (Å²) in [4.78, 5) is 25.6. The minimum atomic E-state index is -4.75. The third kappa shape index (κ3) is 3.24. The number of rotatable bonds is 3. The minimum absolute atomic E-state index is 0.0172. The van der Waals surface area contributed by atoms with E-state index in [-0.39, 0.29) is 18.2 Å². The molecular weight excluding hydrogens is 333 g/mol. The van der Waals surface area contributed by atoms with Crippen molar-refractivity contribution in [1.82, 2.24) is 10.2 Å². The van der Waals surface area contributed by atoms with Crippen molar-refractivity contribution in [2.24, 2.45) is 0 Å². The first-order valence-corrected chi connectivity index (χ1v) is 8.01. The summed E-state index contributed by atoms with van der Waals surface area (Å²) >= 11 is 1.61. The molecule has 0 unspecified atom stereocenters. The lowest BCUT2D eigenvalue weighted by molar-refractivity contribution is -0.274. The van der Waals surface area contributed by atoms with Gasteiger partial charge in [-0.15, -0.1) is 13.2 Å². The van der Waals surface area contributed by atoms with Crippen LogP contribution in [-0.4, -0.2) is 40.2 Å². The first-order valence-electron chi connectivity index (χ1n) is 6.86. The molecule has 3 rings (SSSR count). The van der Waals surface area contributed by atoms with Gasteiger partial charge in [0.1, 0.15) is 11.3 Å². The fraction of sp³-hybridized carbons (Fsp3) is 0.429. The maximum atomic E-state index is 12.5. The lowest BCUT2D eigenvalue weighted by Crippen LogP contribution is -2.46. The van der Waals surface area contributed by atoms with Gasteiger partial charge in [-0.2, -0.15) is 11.8 Å². The van der Waals surface area contributed by atoms with Crippen molar-refractivity contribution in [1.29, 1.82) is 0 Å². The molecule has 1 aromatic carbocycles. The van der Waals surface area contributed by atoms with E-state index < -0.39 is 17.9 Å². The van der Waals surface area contributed by atoms with E-state index in [1.54, 1.807) is 11.8 Å². The molecule has 5 nitrogen and oxygen atoms in total. The molecule has 0 aliphatic carbocycles. The quantitative estimate of drug-likeness (QED) is 0.855. The van der Waals surface area contributed by atoms with Crippen LogP contribution < -0.4 is 10.1 Å². The highest BCUT2D eigenvalue weighted by molar-refractivity contribution is 7.99. The third-order valence-electron chi connectivity index (χ3n) is 3.77. The van der Waals surface area contributed by atoms with E-state index >= 15 is 0 Å². The van der Waals surface area contributed by atoms with Gasteiger partial charge in [-0.3, -0.25) is 9.69 Å². The summed E-state index contributed by atoms with van der Waals surface area (Å²) in [5.41, 5.74) is -0.271. The van der Waals surface area contributed by atoms with Gasteiger partial charge in [-0.1, -0.05) is 12.1 Å². The topological polar surface area (TPSA) is 58.6 Å². The number of halogens is 3. The zero-order chi connectivity index (χ0) is 16.7. The Labute approximate surface area is 134 Å². The molecule has 0 saturated carbocycles. The monoisotopic (exact) mass is 346 g/mol. The van der Waals surface area contributed by atoms with Crippen molar-refractivity contribution >= 4 is 23.7 Å². The number of carbonyl (C=O) groups excluding carboxylic acids is 2. The molecule has 124 valence electrons. The Hall–Kier alpha value is -1.90. The molecule has 0 radical (unpaired) electrons. The van der Waals surface area contributed by atoms with E-state index in [2.05, 4.69) is 10.1 Å². The lowest BCUT2D eigenvalue weighted by atomic mass is 9.99. The number of hydrogen-bond acceptors (Lipinski definition) is 4. The Kier molecular flexibility index (Phi) is 3.91. The standard InChI is InChI=1S/C14H13F3N2O3S/c15-14(16,17)22-10-3-1-9(2-4-10)7-19-11(20)13(18-12(19)21)5-6-23-8-13/h1-4H,5-8H2,(H,18,21)/t13-/m0/s1. The van der Waals surface area contributed by atoms with Gasteiger partial charge in [-0.05, 0) is 29.9 Å². The Bertz CT molecular complexity index is 627. The van der Waals surface area contributed by atoms with Gasteiger partial charge in [0.15, 0.2) is 0 Å². The number of carbonyl (C=O) groups is 2. The second-order valence-corrected chi connectivity index (χ2v) is 6.50. The van der Waals surface area contributed by atoms with E-state index in [4.69, 9.17) is 0 Å². The zero-order valence-electron chi connectivity index (χ0n) is 11.9. The van der Waals surface area contributed by atoms with Crippen LogP contribution in [0.2, 0.25) is 0 Å². The number of ether oxygens (including phenoxy) is 1. The van der Waals surface area contributed by atoms with Crippen molar-refractivity contribution < 1.29 is 27.5 Å². The largest absolute Gasteiger partial charge is 0.573 e. The summed E-state index contributed by atoms with van der Waals surface area (Å²) in [5.74, 6) is 0.737. The molecule has 1 spiro atoms. The molecular formula is C14H13F3N2O3S. The van der Waals surface area contributed by atoms with Crippen molar-refractivity contribution in [2.75, 3.05) is 11.5 Å². The number of hydrogen-bond donors (Lipinski definition) is 1. The summed E-state index contributed by atoms with van der Waals surface area (Å²) < 4.78 is 40.1. The second-order valence-electron chi connectivity index (χ2n) is 5.40. The van der Waals surface area contributed by atoms with Crippen LogP contribution in [0.25, 0.3) is 0 Å². The van der Waals surface area contributed by atoms with Crippen LogP contribution in [-0.2, 0) is 11.3 Å². The van der Waals surface area contributed by atoms with E-state index in [1.807, 2.05) is 0 Å². The van der Waals surface area contributed by atoms with Gasteiger partial charge in [-0.25, -0.2) is 4.79 Å². The fourth-order valence-electron chi connectivity index (χ4n) is 2.63. The molecule has 2 fully saturated rings. The summed E-state index contributed by atoms with van der Waals surface area (Å²) in [6.07, 6.45) is -4.16. The van der Waals surface area contributed by atoms with Crippen molar-refractivity contribution in [2.45, 2.75) is 24.9 Å². The molecule has 1 atom stereocenters. The van der Waals surface area contributed by atoms with Crippen LogP contribution in [0.1, 0.15) is 12.0 Å². The van der Waals surface area contributed by atoms with Crippen LogP contribution in [0.4, 0.5) is 18.0 Å². The van der Waals surface area contributed by atoms with E-state index in [9.17, 15) is 22.8 Å². The third-order valence-corrected chi connectivity index (χ3v) is 4.95. The van der Waals surface area contributed by atoms with Gasteiger partial charge in [0.25, 0.3) is 5.91 Å². The molecule has 3 amide bonds. The van der Waals surface area contributed by atoms with Gasteiger partial charge in [0.05, 0.1) is 6.54 Å². The molecule has 2 saturated heterocycles. The summed E-state index contributed by atoms with van der Waals surface area (Å²) in [5, 5.41) is 2.73. The summed E-state index contributed by atoms with van der Waals surface area (Å²) in [6, 6.07) is 4.64. The molecule has 2 heterocycles. The maximum absolute atomic E-state index is 12.5. The van der Waals surface area contributed by atoms with Gasteiger partial charge in [0.2, 0.25) is 0 Å². The maximum Gasteiger partial charge on any atom is 0.573 e. The van der Waals surface area contributed by atoms with Crippen LogP contribution in [0.3, 0.4) is 0 Å². The molecule has 1 aromatic rings. The summed E-state index contributed by atoms with van der Waals surface area (Å²) in [7, 11) is 0. The van der Waals surface area contributed by atoms with Crippen molar-refractivity contribution in [3.8, 4) is 5.75 Å². The first kappa shape index (κ1) is 16.0. The number of nitrogens with zero attached hydrogens (tertiary/aromatic N) is 1. The molecule has 23 heavy (non-hydrogen) atoms. The Balaban J connectivity index is 1.70. The predicted molar refractivity (Wildman–Crippen MR) is 76.9 cm³/mol. The van der Waals surface area contributed by atoms with Gasteiger partial charge in [0, 0.05) is 5.75 Å². The van der Waals surface area contributed by atoms with E-state index in [0.717, 1.165) is 22.8 Å². The number of imide groups is 1. The van der Waals surface area contributed by atoms with Crippen LogP contribution in [0, 0.1) is 0 Å².